The average Bonchev–Trinajstić information content (AvgIpc) is 2.54. The van der Waals surface area contributed by atoms with E-state index in [1.54, 1.807) is 17.0 Å². The maximum atomic E-state index is 12.8. The summed E-state index contributed by atoms with van der Waals surface area (Å²) < 4.78 is 0. The van der Waals surface area contributed by atoms with E-state index in [1.165, 1.54) is 0 Å². The van der Waals surface area contributed by atoms with Crippen LogP contribution in [0.1, 0.15) is 25.3 Å². The van der Waals surface area contributed by atoms with Crippen molar-refractivity contribution in [3.8, 4) is 6.07 Å². The zero-order valence-electron chi connectivity index (χ0n) is 14.2. The molecule has 1 aromatic carbocycles. The van der Waals surface area contributed by atoms with E-state index in [-0.39, 0.29) is 24.8 Å². The molecule has 6 heteroatoms. The van der Waals surface area contributed by atoms with Gasteiger partial charge in [0.2, 0.25) is 5.91 Å². The van der Waals surface area contributed by atoms with Crippen molar-refractivity contribution in [2.45, 2.75) is 32.8 Å². The van der Waals surface area contributed by atoms with Crippen molar-refractivity contribution in [3.63, 3.8) is 0 Å². The van der Waals surface area contributed by atoms with Crippen molar-refractivity contribution in [2.75, 3.05) is 31.1 Å². The fraction of sp³-hybridized carbons (Fsp3) is 0.556. The van der Waals surface area contributed by atoms with Gasteiger partial charge in [0.1, 0.15) is 0 Å². The minimum absolute atomic E-state index is 0.0614. The highest BCUT2D eigenvalue weighted by Gasteiger charge is 2.27. The van der Waals surface area contributed by atoms with E-state index in [4.69, 9.17) is 16.9 Å². The second-order valence-electron chi connectivity index (χ2n) is 6.46. The van der Waals surface area contributed by atoms with Gasteiger partial charge in [-0.1, -0.05) is 18.5 Å². The van der Waals surface area contributed by atoms with E-state index < -0.39 is 6.10 Å². The lowest BCUT2D eigenvalue weighted by atomic mass is 9.96. The molecule has 1 aliphatic heterocycles. The van der Waals surface area contributed by atoms with Gasteiger partial charge in [-0.15, -0.1) is 0 Å². The van der Waals surface area contributed by atoms with Crippen molar-refractivity contribution in [2.24, 2.45) is 5.92 Å². The van der Waals surface area contributed by atoms with Crippen molar-refractivity contribution >= 4 is 23.2 Å². The van der Waals surface area contributed by atoms with Gasteiger partial charge >= 0.3 is 0 Å². The number of amides is 1. The number of carbonyl (C=O) groups excluding carboxylic acids is 1. The number of anilines is 1. The van der Waals surface area contributed by atoms with Gasteiger partial charge in [-0.2, -0.15) is 5.26 Å². The first-order chi connectivity index (χ1) is 11.4. The summed E-state index contributed by atoms with van der Waals surface area (Å²) in [5, 5.41) is 19.5. The Hall–Kier alpha value is -1.61. The number of nitrogens with zero attached hydrogens (tertiary/aromatic N) is 3. The van der Waals surface area contributed by atoms with E-state index in [1.807, 2.05) is 24.8 Å². The van der Waals surface area contributed by atoms with Crippen LogP contribution < -0.4 is 4.90 Å². The number of aliphatic hydroxyl groups is 1. The lowest BCUT2D eigenvalue weighted by Gasteiger charge is -2.35. The Morgan fingerprint density at radius 1 is 1.54 bits per heavy atom. The third kappa shape index (κ3) is 4.70. The number of aryl methyl sites for hydroxylation is 1. The first kappa shape index (κ1) is 18.7. The standard InChI is InChI=1S/C18H24ClN3O2/c1-13-6-9-21(11-17(13)23)12-18(24)22(8-3-7-20)15-4-5-16(19)14(2)10-15/h4-5,10,13,17,23H,3,6,8-9,11-12H2,1-2H3. The van der Waals surface area contributed by atoms with E-state index in [0.29, 0.717) is 18.1 Å². The molecule has 0 aliphatic carbocycles. The zero-order chi connectivity index (χ0) is 17.7. The quantitative estimate of drug-likeness (QED) is 0.887. The molecule has 1 aliphatic rings. The third-order valence-corrected chi connectivity index (χ3v) is 4.99. The summed E-state index contributed by atoms with van der Waals surface area (Å²) in [7, 11) is 0. The van der Waals surface area contributed by atoms with Crippen LogP contribution in [0.15, 0.2) is 18.2 Å². The molecule has 0 spiro atoms. The van der Waals surface area contributed by atoms with Crippen molar-refractivity contribution in [3.05, 3.63) is 28.8 Å². The molecule has 1 heterocycles. The van der Waals surface area contributed by atoms with Crippen LogP contribution in [0.3, 0.4) is 0 Å². The molecule has 1 saturated heterocycles. The van der Waals surface area contributed by atoms with Crippen molar-refractivity contribution < 1.29 is 9.90 Å². The molecule has 2 atom stereocenters. The van der Waals surface area contributed by atoms with Crippen LogP contribution in [0.5, 0.6) is 0 Å². The summed E-state index contributed by atoms with van der Waals surface area (Å²) in [6.45, 7) is 5.83. The van der Waals surface area contributed by atoms with Crippen LogP contribution in [0, 0.1) is 24.2 Å². The molecule has 0 bridgehead atoms. The molecule has 1 fully saturated rings. The largest absolute Gasteiger partial charge is 0.392 e. The molecule has 1 N–H and O–H groups in total. The van der Waals surface area contributed by atoms with Gasteiger partial charge in [-0.25, -0.2) is 0 Å². The van der Waals surface area contributed by atoms with Gasteiger partial charge in [-0.3, -0.25) is 9.69 Å². The van der Waals surface area contributed by atoms with Crippen LogP contribution in [-0.2, 0) is 4.79 Å². The number of aliphatic hydroxyl groups excluding tert-OH is 1. The molecule has 24 heavy (non-hydrogen) atoms. The number of nitriles is 1. The van der Waals surface area contributed by atoms with E-state index in [2.05, 4.69) is 6.07 Å². The van der Waals surface area contributed by atoms with Gasteiger partial charge in [0, 0.05) is 23.8 Å². The predicted octanol–water partition coefficient (Wildman–Crippen LogP) is 2.60. The average molecular weight is 350 g/mol. The van der Waals surface area contributed by atoms with Crippen LogP contribution in [0.4, 0.5) is 5.69 Å². The van der Waals surface area contributed by atoms with Crippen molar-refractivity contribution in [1.29, 1.82) is 5.26 Å². The molecule has 0 aromatic heterocycles. The smallest absolute Gasteiger partial charge is 0.241 e. The minimum Gasteiger partial charge on any atom is -0.392 e. The third-order valence-electron chi connectivity index (χ3n) is 4.56. The molecule has 2 unspecified atom stereocenters. The SMILES string of the molecule is Cc1cc(N(CCC#N)C(=O)CN2CCC(C)C(O)C2)ccc1Cl. The second kappa shape index (κ2) is 8.48. The number of likely N-dealkylation sites (tertiary alicyclic amines) is 1. The zero-order valence-corrected chi connectivity index (χ0v) is 15.0. The molecule has 1 aromatic rings. The van der Waals surface area contributed by atoms with Crippen LogP contribution in [0.2, 0.25) is 5.02 Å². The summed E-state index contributed by atoms with van der Waals surface area (Å²) >= 11 is 6.06. The Labute approximate surface area is 148 Å². The molecular weight excluding hydrogens is 326 g/mol. The molecule has 1 amide bonds. The maximum absolute atomic E-state index is 12.8. The molecule has 0 saturated carbocycles. The van der Waals surface area contributed by atoms with E-state index in [9.17, 15) is 9.90 Å². The summed E-state index contributed by atoms with van der Waals surface area (Å²) in [6.07, 6.45) is 0.761. The maximum Gasteiger partial charge on any atom is 0.241 e. The summed E-state index contributed by atoms with van der Waals surface area (Å²) in [6, 6.07) is 7.53. The van der Waals surface area contributed by atoms with E-state index >= 15 is 0 Å². The highest BCUT2D eigenvalue weighted by Crippen LogP contribution is 2.24. The molecule has 5 nitrogen and oxygen atoms in total. The number of piperidine rings is 1. The second-order valence-corrected chi connectivity index (χ2v) is 6.86. The minimum atomic E-state index is -0.392. The summed E-state index contributed by atoms with van der Waals surface area (Å²) in [5.74, 6) is 0.207. The number of carbonyl (C=O) groups is 1. The summed E-state index contributed by atoms with van der Waals surface area (Å²) in [5.41, 5.74) is 1.65. The van der Waals surface area contributed by atoms with Crippen molar-refractivity contribution in [1.82, 2.24) is 4.90 Å². The molecule has 0 radical (unpaired) electrons. The number of β-amino-alcohol motifs (C(OH)–C–C–N with tert-alkyl or cyclic N) is 1. The number of rotatable bonds is 5. The predicted molar refractivity (Wildman–Crippen MR) is 95.0 cm³/mol. The van der Waals surface area contributed by atoms with Gasteiger partial charge in [0.25, 0.3) is 0 Å². The fourth-order valence-electron chi connectivity index (χ4n) is 2.89. The normalized spacial score (nSPS) is 21.3. The monoisotopic (exact) mass is 349 g/mol. The fourth-order valence-corrected chi connectivity index (χ4v) is 3.01. The first-order valence-corrected chi connectivity index (χ1v) is 8.64. The van der Waals surface area contributed by atoms with Gasteiger partial charge < -0.3 is 10.0 Å². The number of hydrogen-bond donors (Lipinski definition) is 1. The van der Waals surface area contributed by atoms with E-state index in [0.717, 1.165) is 24.2 Å². The Morgan fingerprint density at radius 3 is 2.92 bits per heavy atom. The lowest BCUT2D eigenvalue weighted by Crippen LogP contribution is -2.48. The van der Waals surface area contributed by atoms with Crippen LogP contribution in [-0.4, -0.2) is 48.2 Å². The topological polar surface area (TPSA) is 67.6 Å². The summed E-state index contributed by atoms with van der Waals surface area (Å²) in [4.78, 5) is 16.4. The highest BCUT2D eigenvalue weighted by molar-refractivity contribution is 6.31. The number of benzene rings is 1. The van der Waals surface area contributed by atoms with Crippen LogP contribution in [0.25, 0.3) is 0 Å². The Bertz CT molecular complexity index is 629. The first-order valence-electron chi connectivity index (χ1n) is 8.26. The Morgan fingerprint density at radius 2 is 2.29 bits per heavy atom. The number of hydrogen-bond acceptors (Lipinski definition) is 4. The van der Waals surface area contributed by atoms with Gasteiger partial charge in [0.05, 0.1) is 25.1 Å². The molecule has 2 rings (SSSR count). The van der Waals surface area contributed by atoms with Gasteiger partial charge in [0.15, 0.2) is 0 Å². The Balaban J connectivity index is 2.10. The Kier molecular flexibility index (Phi) is 6.61. The molecular formula is C18H24ClN3O2. The molecule has 130 valence electrons. The van der Waals surface area contributed by atoms with Gasteiger partial charge in [-0.05, 0) is 49.6 Å². The lowest BCUT2D eigenvalue weighted by molar-refractivity contribution is -0.120. The number of halogens is 1. The highest BCUT2D eigenvalue weighted by atomic mass is 35.5. The van der Waals surface area contributed by atoms with Crippen LogP contribution >= 0.6 is 11.6 Å².